The minimum Gasteiger partial charge on any atom is -0.369 e. The molecule has 0 radical (unpaired) electrons. The molecule has 3 aromatic rings. The van der Waals surface area contributed by atoms with Crippen molar-refractivity contribution in [3.05, 3.63) is 66.0 Å². The van der Waals surface area contributed by atoms with E-state index in [0.717, 1.165) is 5.39 Å². The monoisotopic (exact) mass is 327 g/mol. The van der Waals surface area contributed by atoms with Gasteiger partial charge in [-0.3, -0.25) is 0 Å². The van der Waals surface area contributed by atoms with Crippen LogP contribution in [-0.2, 0) is 5.41 Å². The molecule has 2 aromatic carbocycles. The molecule has 0 fully saturated rings. The second kappa shape index (κ2) is 6.51. The fraction of sp³-hybridized carbons (Fsp3) is 0.263. The fourth-order valence-corrected chi connectivity index (χ4v) is 2.62. The molecule has 0 aliphatic heterocycles. The summed E-state index contributed by atoms with van der Waals surface area (Å²) in [4.78, 5) is 7.96. The highest BCUT2D eigenvalue weighted by Crippen LogP contribution is 2.27. The maximum atomic E-state index is 13.1. The smallest absolute Gasteiger partial charge is 0.297 e. The highest BCUT2D eigenvalue weighted by atomic mass is 19.3. The standard InChI is InChI=1S/C19H19F2N3/c1-19(2,13-8-4-3-5-9-13)12-22-17-14-10-6-7-11-15(14)23-18(24-17)16(20)21/h3-11,16H,12H2,1-2H3,(H,22,23,24). The van der Waals surface area contributed by atoms with Crippen LogP contribution in [0.15, 0.2) is 54.6 Å². The van der Waals surface area contributed by atoms with Crippen LogP contribution in [0.25, 0.3) is 10.9 Å². The van der Waals surface area contributed by atoms with Crippen LogP contribution in [0.5, 0.6) is 0 Å². The Hall–Kier alpha value is -2.56. The Morgan fingerprint density at radius 1 is 0.958 bits per heavy atom. The van der Waals surface area contributed by atoms with Gasteiger partial charge in [-0.2, -0.15) is 0 Å². The van der Waals surface area contributed by atoms with Crippen molar-refractivity contribution in [1.82, 2.24) is 9.97 Å². The van der Waals surface area contributed by atoms with Gasteiger partial charge in [0.15, 0.2) is 5.82 Å². The van der Waals surface area contributed by atoms with Crippen LogP contribution < -0.4 is 5.32 Å². The molecule has 1 aromatic heterocycles. The molecule has 1 heterocycles. The Labute approximate surface area is 139 Å². The van der Waals surface area contributed by atoms with E-state index in [1.54, 1.807) is 12.1 Å². The molecule has 0 aliphatic carbocycles. The van der Waals surface area contributed by atoms with Gasteiger partial charge in [-0.25, -0.2) is 18.7 Å². The number of halogens is 2. The van der Waals surface area contributed by atoms with E-state index in [0.29, 0.717) is 17.9 Å². The van der Waals surface area contributed by atoms with Crippen LogP contribution in [0.1, 0.15) is 31.7 Å². The first kappa shape index (κ1) is 16.3. The number of alkyl halides is 2. The molecule has 0 atom stereocenters. The van der Waals surface area contributed by atoms with E-state index in [-0.39, 0.29) is 5.41 Å². The van der Waals surface area contributed by atoms with Gasteiger partial charge in [-0.05, 0) is 17.7 Å². The summed E-state index contributed by atoms with van der Waals surface area (Å²) in [5.74, 6) is -0.00590. The lowest BCUT2D eigenvalue weighted by molar-refractivity contribution is 0.141. The number of anilines is 1. The van der Waals surface area contributed by atoms with E-state index >= 15 is 0 Å². The summed E-state index contributed by atoms with van der Waals surface area (Å²) in [7, 11) is 0. The molecule has 0 saturated carbocycles. The summed E-state index contributed by atoms with van der Waals surface area (Å²) >= 11 is 0. The van der Waals surface area contributed by atoms with E-state index in [2.05, 4.69) is 41.3 Å². The Kier molecular flexibility index (Phi) is 4.42. The van der Waals surface area contributed by atoms with Gasteiger partial charge in [0.2, 0.25) is 0 Å². The SMILES string of the molecule is CC(C)(CNc1nc(C(F)F)nc2ccccc12)c1ccccc1. The van der Waals surface area contributed by atoms with Crippen LogP contribution in [0, 0.1) is 0 Å². The van der Waals surface area contributed by atoms with Crippen molar-refractivity contribution in [2.75, 3.05) is 11.9 Å². The maximum absolute atomic E-state index is 13.1. The van der Waals surface area contributed by atoms with Crippen molar-refractivity contribution in [2.24, 2.45) is 0 Å². The Morgan fingerprint density at radius 3 is 2.33 bits per heavy atom. The van der Waals surface area contributed by atoms with Gasteiger partial charge in [-0.15, -0.1) is 0 Å². The third-order valence-corrected chi connectivity index (χ3v) is 4.07. The lowest BCUT2D eigenvalue weighted by Gasteiger charge is -2.26. The topological polar surface area (TPSA) is 37.8 Å². The quantitative estimate of drug-likeness (QED) is 0.720. The van der Waals surface area contributed by atoms with Crippen LogP contribution in [0.3, 0.4) is 0 Å². The summed E-state index contributed by atoms with van der Waals surface area (Å²) in [5, 5.41) is 3.98. The molecule has 0 amide bonds. The van der Waals surface area contributed by atoms with Gasteiger partial charge in [0.1, 0.15) is 5.82 Å². The Morgan fingerprint density at radius 2 is 1.62 bits per heavy atom. The van der Waals surface area contributed by atoms with Crippen molar-refractivity contribution in [2.45, 2.75) is 25.7 Å². The summed E-state index contributed by atoms with van der Waals surface area (Å²) in [6.45, 7) is 4.78. The Balaban J connectivity index is 1.92. The van der Waals surface area contributed by atoms with Gasteiger partial charge in [-0.1, -0.05) is 56.3 Å². The zero-order valence-corrected chi connectivity index (χ0v) is 13.6. The van der Waals surface area contributed by atoms with Crippen molar-refractivity contribution in [1.29, 1.82) is 0 Å². The molecule has 3 rings (SSSR count). The molecule has 0 aliphatic rings. The van der Waals surface area contributed by atoms with Crippen molar-refractivity contribution in [3.8, 4) is 0 Å². The van der Waals surface area contributed by atoms with Gasteiger partial charge >= 0.3 is 0 Å². The highest BCUT2D eigenvalue weighted by molar-refractivity contribution is 5.89. The number of rotatable bonds is 5. The van der Waals surface area contributed by atoms with E-state index in [1.807, 2.05) is 30.3 Å². The molecule has 124 valence electrons. The molecular formula is C19H19F2N3. The van der Waals surface area contributed by atoms with E-state index < -0.39 is 12.2 Å². The van der Waals surface area contributed by atoms with Gasteiger partial charge < -0.3 is 5.32 Å². The maximum Gasteiger partial charge on any atom is 0.297 e. The summed E-state index contributed by atoms with van der Waals surface area (Å²) < 4.78 is 26.1. The zero-order valence-electron chi connectivity index (χ0n) is 13.6. The lowest BCUT2D eigenvalue weighted by atomic mass is 9.84. The van der Waals surface area contributed by atoms with Gasteiger partial charge in [0.25, 0.3) is 6.43 Å². The molecule has 24 heavy (non-hydrogen) atoms. The van der Waals surface area contributed by atoms with Crippen molar-refractivity contribution in [3.63, 3.8) is 0 Å². The summed E-state index contributed by atoms with van der Waals surface area (Å²) in [6.07, 6.45) is -2.70. The number of nitrogens with one attached hydrogen (secondary N) is 1. The van der Waals surface area contributed by atoms with Crippen molar-refractivity contribution >= 4 is 16.7 Å². The first-order valence-electron chi connectivity index (χ1n) is 7.81. The molecule has 0 spiro atoms. The zero-order chi connectivity index (χ0) is 17.2. The number of hydrogen-bond acceptors (Lipinski definition) is 3. The normalized spacial score (nSPS) is 11.9. The van der Waals surface area contributed by atoms with Gasteiger partial charge in [0, 0.05) is 17.3 Å². The minimum atomic E-state index is -2.70. The summed E-state index contributed by atoms with van der Waals surface area (Å²) in [6, 6.07) is 17.3. The Bertz CT molecular complexity index is 832. The van der Waals surface area contributed by atoms with Crippen molar-refractivity contribution < 1.29 is 8.78 Å². The lowest BCUT2D eigenvalue weighted by Crippen LogP contribution is -2.28. The molecule has 0 unspecified atom stereocenters. The van der Waals surface area contributed by atoms with Crippen LogP contribution in [-0.4, -0.2) is 16.5 Å². The second-order valence-corrected chi connectivity index (χ2v) is 6.35. The largest absolute Gasteiger partial charge is 0.369 e. The third-order valence-electron chi connectivity index (χ3n) is 4.07. The highest BCUT2D eigenvalue weighted by Gasteiger charge is 2.21. The third kappa shape index (κ3) is 3.35. The molecule has 3 nitrogen and oxygen atoms in total. The first-order valence-corrected chi connectivity index (χ1v) is 7.81. The first-order chi connectivity index (χ1) is 11.5. The molecule has 1 N–H and O–H groups in total. The van der Waals surface area contributed by atoms with E-state index in [9.17, 15) is 8.78 Å². The van der Waals surface area contributed by atoms with Crippen LogP contribution in [0.4, 0.5) is 14.6 Å². The van der Waals surface area contributed by atoms with Crippen LogP contribution in [0.2, 0.25) is 0 Å². The summed E-state index contributed by atoms with van der Waals surface area (Å²) in [5.41, 5.74) is 1.52. The predicted octanol–water partition coefficient (Wildman–Crippen LogP) is 4.96. The number of hydrogen-bond donors (Lipinski definition) is 1. The molecule has 0 saturated heterocycles. The molecule has 5 heteroatoms. The van der Waals surface area contributed by atoms with E-state index in [4.69, 9.17) is 0 Å². The molecular weight excluding hydrogens is 308 g/mol. The van der Waals surface area contributed by atoms with Crippen LogP contribution >= 0.6 is 0 Å². The van der Waals surface area contributed by atoms with Gasteiger partial charge in [0.05, 0.1) is 5.52 Å². The number of nitrogens with zero attached hydrogens (tertiary/aromatic N) is 2. The predicted molar refractivity (Wildman–Crippen MR) is 92.5 cm³/mol. The average molecular weight is 327 g/mol. The van der Waals surface area contributed by atoms with E-state index in [1.165, 1.54) is 5.56 Å². The number of benzene rings is 2. The number of para-hydroxylation sites is 1. The minimum absolute atomic E-state index is 0.168. The average Bonchev–Trinajstić information content (AvgIpc) is 2.60. The molecule has 0 bridgehead atoms. The second-order valence-electron chi connectivity index (χ2n) is 6.35. The number of aromatic nitrogens is 2. The number of fused-ring (bicyclic) bond motifs is 1. The fourth-order valence-electron chi connectivity index (χ4n) is 2.62.